The monoisotopic (exact) mass is 302 g/mol. The third-order valence-electron chi connectivity index (χ3n) is 3.51. The van der Waals surface area contributed by atoms with Crippen molar-refractivity contribution >= 4 is 5.97 Å². The number of aliphatic carboxylic acids is 1. The summed E-state index contributed by atoms with van der Waals surface area (Å²) in [6.07, 6.45) is 11.1. The van der Waals surface area contributed by atoms with Crippen molar-refractivity contribution in [3.63, 3.8) is 0 Å². The highest BCUT2D eigenvalue weighted by atomic mass is 16.4. The quantitative estimate of drug-likeness (QED) is 0.291. The summed E-state index contributed by atoms with van der Waals surface area (Å²) in [5.74, 6) is -1.36. The third-order valence-corrected chi connectivity index (χ3v) is 3.51. The van der Waals surface area contributed by atoms with Crippen molar-refractivity contribution in [2.24, 2.45) is 0 Å². The van der Waals surface area contributed by atoms with Crippen LogP contribution >= 0.6 is 0 Å². The van der Waals surface area contributed by atoms with Gasteiger partial charge in [0, 0.05) is 0 Å². The molecule has 0 aliphatic carbocycles. The van der Waals surface area contributed by atoms with Crippen molar-refractivity contribution in [2.45, 2.75) is 76.4 Å². The zero-order chi connectivity index (χ0) is 15.9. The van der Waals surface area contributed by atoms with Crippen LogP contribution in [-0.2, 0) is 4.79 Å². The largest absolute Gasteiger partial charge is 0.479 e. The lowest BCUT2D eigenvalue weighted by Crippen LogP contribution is -2.33. The summed E-state index contributed by atoms with van der Waals surface area (Å²) in [4.78, 5) is 10.4. The van der Waals surface area contributed by atoms with E-state index in [0.717, 1.165) is 38.5 Å². The summed E-state index contributed by atoms with van der Waals surface area (Å²) in [5.41, 5.74) is 0. The van der Waals surface area contributed by atoms with Gasteiger partial charge in [-0.15, -0.1) is 0 Å². The van der Waals surface area contributed by atoms with Gasteiger partial charge in [0.05, 0.1) is 12.7 Å². The molecule has 0 spiro atoms. The Morgan fingerprint density at radius 1 is 0.857 bits per heavy atom. The minimum atomic E-state index is -1.66. The fourth-order valence-corrected chi connectivity index (χ4v) is 2.19. The molecule has 0 fully saturated rings. The van der Waals surface area contributed by atoms with E-state index in [1.165, 1.54) is 19.3 Å². The first kappa shape index (κ1) is 20.1. The number of allylic oxidation sites excluding steroid dienone is 1. The van der Waals surface area contributed by atoms with E-state index in [9.17, 15) is 9.90 Å². The Balaban J connectivity index is 3.26. The molecule has 5 heteroatoms. The molecule has 0 aromatic heterocycles. The minimum Gasteiger partial charge on any atom is -0.479 e. The van der Waals surface area contributed by atoms with Crippen LogP contribution in [0.15, 0.2) is 12.2 Å². The van der Waals surface area contributed by atoms with Gasteiger partial charge in [-0.1, -0.05) is 57.1 Å². The van der Waals surface area contributed by atoms with Gasteiger partial charge >= 0.3 is 5.97 Å². The standard InChI is InChI=1S/C16H30O5/c17-13-11-9-7-5-3-1-2-4-6-8-10-12-14(18)15(19)16(20)21/h9,11,14-15,17-19H,1-8,10,12-13H2,(H,20,21). The maximum absolute atomic E-state index is 10.4. The lowest BCUT2D eigenvalue weighted by molar-refractivity contribution is -0.153. The predicted octanol–water partition coefficient (Wildman–Crippen LogP) is 2.24. The molecule has 2 atom stereocenters. The Hall–Kier alpha value is -0.910. The van der Waals surface area contributed by atoms with Crippen LogP contribution in [-0.4, -0.2) is 45.2 Å². The number of carbonyl (C=O) groups is 1. The van der Waals surface area contributed by atoms with Crippen molar-refractivity contribution in [1.82, 2.24) is 0 Å². The first-order valence-corrected chi connectivity index (χ1v) is 7.94. The Morgan fingerprint density at radius 3 is 1.90 bits per heavy atom. The Labute approximate surface area is 127 Å². The first-order chi connectivity index (χ1) is 10.1. The molecule has 0 amide bonds. The molecular formula is C16H30O5. The molecule has 124 valence electrons. The van der Waals surface area contributed by atoms with Crippen molar-refractivity contribution in [3.8, 4) is 0 Å². The number of unbranched alkanes of at least 4 members (excludes halogenated alkanes) is 8. The predicted molar refractivity (Wildman–Crippen MR) is 82.0 cm³/mol. The van der Waals surface area contributed by atoms with Gasteiger partial charge in [0.25, 0.3) is 0 Å². The second-order valence-electron chi connectivity index (χ2n) is 5.41. The molecular weight excluding hydrogens is 272 g/mol. The van der Waals surface area contributed by atoms with Crippen LogP contribution in [0, 0.1) is 0 Å². The van der Waals surface area contributed by atoms with E-state index in [-0.39, 0.29) is 6.61 Å². The number of hydrogen-bond donors (Lipinski definition) is 4. The van der Waals surface area contributed by atoms with Gasteiger partial charge in [-0.3, -0.25) is 0 Å². The van der Waals surface area contributed by atoms with E-state index < -0.39 is 18.2 Å². The van der Waals surface area contributed by atoms with Gasteiger partial charge in [0.15, 0.2) is 6.10 Å². The molecule has 0 aliphatic rings. The van der Waals surface area contributed by atoms with Gasteiger partial charge in [0.2, 0.25) is 0 Å². The second kappa shape index (κ2) is 14.0. The first-order valence-electron chi connectivity index (χ1n) is 7.94. The fourth-order valence-electron chi connectivity index (χ4n) is 2.19. The number of carboxylic acids is 1. The van der Waals surface area contributed by atoms with Crippen LogP contribution in [0.2, 0.25) is 0 Å². The molecule has 0 rings (SSSR count). The molecule has 0 heterocycles. The zero-order valence-electron chi connectivity index (χ0n) is 12.8. The van der Waals surface area contributed by atoms with Crippen LogP contribution in [0.5, 0.6) is 0 Å². The summed E-state index contributed by atoms with van der Waals surface area (Å²) < 4.78 is 0. The van der Waals surface area contributed by atoms with Gasteiger partial charge in [-0.05, 0) is 19.3 Å². The molecule has 0 aromatic rings. The van der Waals surface area contributed by atoms with E-state index in [2.05, 4.69) is 0 Å². The topological polar surface area (TPSA) is 98.0 Å². The van der Waals surface area contributed by atoms with Gasteiger partial charge in [-0.2, -0.15) is 0 Å². The highest BCUT2D eigenvalue weighted by Crippen LogP contribution is 2.12. The van der Waals surface area contributed by atoms with Gasteiger partial charge in [0.1, 0.15) is 0 Å². The molecule has 4 N–H and O–H groups in total. The average Bonchev–Trinajstić information content (AvgIpc) is 2.47. The number of carboxylic acid groups (broad SMARTS) is 1. The fraction of sp³-hybridized carbons (Fsp3) is 0.812. The smallest absolute Gasteiger partial charge is 0.335 e. The van der Waals surface area contributed by atoms with Crippen LogP contribution < -0.4 is 0 Å². The van der Waals surface area contributed by atoms with E-state index >= 15 is 0 Å². The van der Waals surface area contributed by atoms with Crippen LogP contribution in [0.25, 0.3) is 0 Å². The number of aliphatic hydroxyl groups is 3. The Bertz CT molecular complexity index is 278. The summed E-state index contributed by atoms with van der Waals surface area (Å²) >= 11 is 0. The molecule has 2 unspecified atom stereocenters. The average molecular weight is 302 g/mol. The summed E-state index contributed by atoms with van der Waals surface area (Å²) in [5, 5.41) is 35.6. The van der Waals surface area contributed by atoms with Crippen molar-refractivity contribution in [3.05, 3.63) is 12.2 Å². The van der Waals surface area contributed by atoms with Crippen LogP contribution in [0.1, 0.15) is 64.2 Å². The van der Waals surface area contributed by atoms with Crippen molar-refractivity contribution in [2.75, 3.05) is 6.61 Å². The van der Waals surface area contributed by atoms with E-state index in [0.29, 0.717) is 6.42 Å². The molecule has 0 radical (unpaired) electrons. The maximum Gasteiger partial charge on any atom is 0.335 e. The molecule has 0 aliphatic heterocycles. The highest BCUT2D eigenvalue weighted by Gasteiger charge is 2.22. The molecule has 5 nitrogen and oxygen atoms in total. The van der Waals surface area contributed by atoms with Crippen molar-refractivity contribution < 1.29 is 25.2 Å². The van der Waals surface area contributed by atoms with Gasteiger partial charge in [-0.25, -0.2) is 4.79 Å². The zero-order valence-corrected chi connectivity index (χ0v) is 12.8. The minimum absolute atomic E-state index is 0.123. The summed E-state index contributed by atoms with van der Waals surface area (Å²) in [6, 6.07) is 0. The Kier molecular flexibility index (Phi) is 13.4. The third kappa shape index (κ3) is 12.5. The molecule has 0 aromatic carbocycles. The number of rotatable bonds is 14. The lowest BCUT2D eigenvalue weighted by atomic mass is 10.0. The normalized spacial score (nSPS) is 14.4. The van der Waals surface area contributed by atoms with E-state index in [4.69, 9.17) is 15.3 Å². The van der Waals surface area contributed by atoms with Gasteiger partial charge < -0.3 is 20.4 Å². The van der Waals surface area contributed by atoms with Crippen LogP contribution in [0.3, 0.4) is 0 Å². The summed E-state index contributed by atoms with van der Waals surface area (Å²) in [7, 11) is 0. The molecule has 0 bridgehead atoms. The number of aliphatic hydroxyl groups excluding tert-OH is 3. The summed E-state index contributed by atoms with van der Waals surface area (Å²) in [6.45, 7) is 0.123. The Morgan fingerprint density at radius 2 is 1.38 bits per heavy atom. The molecule has 0 saturated carbocycles. The van der Waals surface area contributed by atoms with Crippen molar-refractivity contribution in [1.29, 1.82) is 0 Å². The second-order valence-corrected chi connectivity index (χ2v) is 5.41. The molecule has 21 heavy (non-hydrogen) atoms. The number of hydrogen-bond acceptors (Lipinski definition) is 4. The molecule has 0 saturated heterocycles. The lowest BCUT2D eigenvalue weighted by Gasteiger charge is -2.13. The highest BCUT2D eigenvalue weighted by molar-refractivity contribution is 5.72. The van der Waals surface area contributed by atoms with E-state index in [1.807, 2.05) is 6.08 Å². The maximum atomic E-state index is 10.4. The van der Waals surface area contributed by atoms with Crippen LogP contribution in [0.4, 0.5) is 0 Å². The SMILES string of the molecule is O=C(O)C(O)C(O)CCCCCCCCCCC=CCO. The van der Waals surface area contributed by atoms with E-state index in [1.54, 1.807) is 6.08 Å².